The van der Waals surface area contributed by atoms with Crippen molar-refractivity contribution in [1.82, 2.24) is 14.5 Å². The molecule has 4 rings (SSSR count). The van der Waals surface area contributed by atoms with Gasteiger partial charge < -0.3 is 14.8 Å². The molecule has 0 saturated heterocycles. The molecular weight excluding hydrogens is 458 g/mol. The highest BCUT2D eigenvalue weighted by atomic mass is 28.3. The molecular formula is C26H33N5O3Si-. The molecule has 185 valence electrons. The molecule has 2 heterocycles. The lowest BCUT2D eigenvalue weighted by Gasteiger charge is -2.26. The van der Waals surface area contributed by atoms with Crippen LogP contribution in [0.3, 0.4) is 0 Å². The van der Waals surface area contributed by atoms with Gasteiger partial charge in [0.15, 0.2) is 0 Å². The van der Waals surface area contributed by atoms with Gasteiger partial charge in [-0.15, -0.1) is 14.1 Å². The smallest absolute Gasteiger partial charge is 0.339 e. The van der Waals surface area contributed by atoms with Crippen molar-refractivity contribution in [3.63, 3.8) is 0 Å². The molecule has 3 aromatic rings. The average Bonchev–Trinajstić information content (AvgIpc) is 3.47. The van der Waals surface area contributed by atoms with Crippen molar-refractivity contribution in [3.05, 3.63) is 71.8 Å². The van der Waals surface area contributed by atoms with Gasteiger partial charge in [-0.3, -0.25) is 0 Å². The minimum Gasteiger partial charge on any atom is -0.465 e. The van der Waals surface area contributed by atoms with Crippen LogP contribution in [0.1, 0.15) is 18.5 Å². The van der Waals surface area contributed by atoms with Crippen LogP contribution >= 0.6 is 0 Å². The van der Waals surface area contributed by atoms with Crippen LogP contribution in [0.5, 0.6) is 0 Å². The van der Waals surface area contributed by atoms with Crippen LogP contribution in [0.2, 0.25) is 25.7 Å². The molecule has 1 aromatic carbocycles. The number of ether oxygens (including phenoxy) is 2. The number of rotatable bonds is 10. The molecule has 0 unspecified atom stereocenters. The van der Waals surface area contributed by atoms with Gasteiger partial charge in [0.2, 0.25) is 0 Å². The number of fused-ring (bicyclic) bond motifs is 1. The number of hydrogen-bond acceptors (Lipinski definition) is 6. The standard InChI is InChI=1S/C26H33N5O3Si/c1-33-26(32)22-9-5-6-10-23(22)28-20-11-12-21-24(18-27-30-13-7-8-14-30)29-31(25(21)17-20)19-34-15-16-35(2,3)4/h7-14,17-18,28H,5-6,15-16,19H2,1-4H3/q-1/b27-18+. The Bertz CT molecular complexity index is 1270. The molecule has 1 aliphatic rings. The van der Waals surface area contributed by atoms with Crippen molar-refractivity contribution in [2.45, 2.75) is 45.3 Å². The number of benzene rings is 1. The highest BCUT2D eigenvalue weighted by molar-refractivity contribution is 6.76. The summed E-state index contributed by atoms with van der Waals surface area (Å²) in [6.07, 6.45) is 11.1. The largest absolute Gasteiger partial charge is 0.465 e. The normalized spacial score (nSPS) is 14.3. The van der Waals surface area contributed by atoms with E-state index in [1.54, 1.807) is 10.9 Å². The summed E-state index contributed by atoms with van der Waals surface area (Å²) in [7, 11) is 0.223. The molecule has 1 N–H and O–H groups in total. The van der Waals surface area contributed by atoms with Gasteiger partial charge in [0, 0.05) is 35.8 Å². The topological polar surface area (TPSA) is 82.7 Å². The lowest BCUT2D eigenvalue weighted by molar-refractivity contribution is -0.135. The van der Waals surface area contributed by atoms with E-state index in [9.17, 15) is 4.79 Å². The highest BCUT2D eigenvalue weighted by Gasteiger charge is 2.18. The first kappa shape index (κ1) is 24.7. The fraction of sp³-hybridized carbons (Fsp3) is 0.346. The Labute approximate surface area is 206 Å². The summed E-state index contributed by atoms with van der Waals surface area (Å²) in [5, 5.41) is 13.6. The monoisotopic (exact) mass is 491 g/mol. The van der Waals surface area contributed by atoms with Gasteiger partial charge in [-0.05, 0) is 43.2 Å². The summed E-state index contributed by atoms with van der Waals surface area (Å²) in [4.78, 5) is 12.2. The van der Waals surface area contributed by atoms with Crippen LogP contribution in [0.4, 0.5) is 5.69 Å². The number of allylic oxidation sites excluding steroid dienone is 2. The maximum absolute atomic E-state index is 12.2. The number of aromatic nitrogens is 3. The molecule has 35 heavy (non-hydrogen) atoms. The quantitative estimate of drug-likeness (QED) is 0.182. The number of nitrogens with one attached hydrogen (secondary N) is 1. The van der Waals surface area contributed by atoms with Crippen molar-refractivity contribution in [2.24, 2.45) is 5.10 Å². The lowest BCUT2D eigenvalue weighted by Crippen LogP contribution is -2.22. The van der Waals surface area contributed by atoms with Crippen molar-refractivity contribution in [1.29, 1.82) is 0 Å². The van der Waals surface area contributed by atoms with Gasteiger partial charge in [0.1, 0.15) is 12.4 Å². The first-order valence-electron chi connectivity index (χ1n) is 11.9. The van der Waals surface area contributed by atoms with Gasteiger partial charge in [0.05, 0.1) is 24.4 Å². The minimum absolute atomic E-state index is 0.339. The molecule has 8 nitrogen and oxygen atoms in total. The summed E-state index contributed by atoms with van der Waals surface area (Å²) in [6, 6.07) is 11.0. The second-order valence-electron chi connectivity index (χ2n) is 9.70. The van der Waals surface area contributed by atoms with Crippen LogP contribution in [0, 0.1) is 0 Å². The summed E-state index contributed by atoms with van der Waals surface area (Å²) >= 11 is 0. The number of nitrogens with zero attached hydrogens (tertiary/aromatic N) is 4. The average molecular weight is 492 g/mol. The van der Waals surface area contributed by atoms with Crippen LogP contribution in [-0.2, 0) is 21.0 Å². The van der Waals surface area contributed by atoms with E-state index in [1.807, 2.05) is 59.6 Å². The Kier molecular flexibility index (Phi) is 7.67. The van der Waals surface area contributed by atoms with Gasteiger partial charge in [-0.2, -0.15) is 29.8 Å². The molecule has 2 aromatic heterocycles. The number of anilines is 1. The van der Waals surface area contributed by atoms with Crippen molar-refractivity contribution in [2.75, 3.05) is 19.0 Å². The maximum Gasteiger partial charge on any atom is 0.339 e. The van der Waals surface area contributed by atoms with Crippen LogP contribution < -0.4 is 5.32 Å². The summed E-state index contributed by atoms with van der Waals surface area (Å²) in [6.45, 7) is 8.08. The van der Waals surface area contributed by atoms with Crippen molar-refractivity contribution < 1.29 is 14.3 Å². The summed E-state index contributed by atoms with van der Waals surface area (Å²) in [5.41, 5.74) is 3.87. The van der Waals surface area contributed by atoms with E-state index in [1.165, 1.54) is 7.11 Å². The summed E-state index contributed by atoms with van der Waals surface area (Å²) < 4.78 is 14.6. The van der Waals surface area contributed by atoms with Gasteiger partial charge in [-0.1, -0.05) is 12.2 Å². The molecule has 0 saturated carbocycles. The molecule has 0 radical (unpaired) electrons. The number of carbonyl (C=O) groups excluding carboxylic acids is 1. The zero-order valence-corrected chi connectivity index (χ0v) is 21.8. The number of hydrogen-bond donors (Lipinski definition) is 1. The molecule has 0 spiro atoms. The molecule has 0 atom stereocenters. The van der Waals surface area contributed by atoms with E-state index in [2.05, 4.69) is 30.1 Å². The predicted molar refractivity (Wildman–Crippen MR) is 142 cm³/mol. The Morgan fingerprint density at radius 1 is 1.20 bits per heavy atom. The zero-order chi connectivity index (χ0) is 24.8. The third-order valence-electron chi connectivity index (χ3n) is 5.73. The van der Waals surface area contributed by atoms with Crippen LogP contribution in [0.25, 0.3) is 10.9 Å². The second-order valence-corrected chi connectivity index (χ2v) is 15.3. The summed E-state index contributed by atoms with van der Waals surface area (Å²) in [5.74, 6) is -0.339. The molecule has 0 amide bonds. The lowest BCUT2D eigenvalue weighted by atomic mass is 10.0. The van der Waals surface area contributed by atoms with Crippen LogP contribution in [-0.4, -0.2) is 48.4 Å². The van der Waals surface area contributed by atoms with Crippen LogP contribution in [0.15, 0.2) is 71.2 Å². The molecule has 0 bridgehead atoms. The van der Waals surface area contributed by atoms with E-state index < -0.39 is 8.07 Å². The van der Waals surface area contributed by atoms with E-state index in [-0.39, 0.29) is 5.97 Å². The number of esters is 1. The van der Waals surface area contributed by atoms with E-state index in [0.29, 0.717) is 18.9 Å². The first-order chi connectivity index (χ1) is 16.8. The molecule has 0 fully saturated rings. The Hall–Kier alpha value is -3.43. The van der Waals surface area contributed by atoms with E-state index >= 15 is 0 Å². The fourth-order valence-electron chi connectivity index (χ4n) is 3.78. The number of methoxy groups -OCH3 is 1. The minimum atomic E-state index is -1.18. The fourth-order valence-corrected chi connectivity index (χ4v) is 4.53. The zero-order valence-electron chi connectivity index (χ0n) is 20.8. The SMILES string of the molecule is COC(=O)C1=CCCC=C1Nc1ccc2c(/C=N/n3cccc3)nn(COCC[Si-](C)(C)C)c2c1. The third-order valence-corrected chi connectivity index (χ3v) is 7.43. The highest BCUT2D eigenvalue weighted by Crippen LogP contribution is 2.26. The van der Waals surface area contributed by atoms with E-state index in [4.69, 9.17) is 14.6 Å². The van der Waals surface area contributed by atoms with Gasteiger partial charge in [0.25, 0.3) is 0 Å². The second kappa shape index (κ2) is 10.9. The maximum atomic E-state index is 12.2. The van der Waals surface area contributed by atoms with E-state index in [0.717, 1.165) is 46.9 Å². The molecule has 1 aliphatic carbocycles. The number of carbonyl (C=O) groups is 1. The Balaban J connectivity index is 1.61. The van der Waals surface area contributed by atoms with Gasteiger partial charge in [-0.25, -0.2) is 14.2 Å². The van der Waals surface area contributed by atoms with Gasteiger partial charge >= 0.3 is 5.97 Å². The molecule has 0 aliphatic heterocycles. The first-order valence-corrected chi connectivity index (χ1v) is 15.6. The molecule has 9 heteroatoms. The Morgan fingerprint density at radius 3 is 2.71 bits per heavy atom. The Morgan fingerprint density at radius 2 is 1.97 bits per heavy atom. The predicted octanol–water partition coefficient (Wildman–Crippen LogP) is 5.22. The van der Waals surface area contributed by atoms with Crippen molar-refractivity contribution in [3.8, 4) is 0 Å². The van der Waals surface area contributed by atoms with Crippen molar-refractivity contribution >= 4 is 36.8 Å². The third kappa shape index (κ3) is 6.37.